The van der Waals surface area contributed by atoms with Gasteiger partial charge in [0.25, 0.3) is 0 Å². The minimum absolute atomic E-state index is 0.267. The highest BCUT2D eigenvalue weighted by Gasteiger charge is 2.35. The molecule has 0 fully saturated rings. The second-order valence-corrected chi connectivity index (χ2v) is 5.79. The van der Waals surface area contributed by atoms with Gasteiger partial charge in [0, 0.05) is 0 Å². The van der Waals surface area contributed by atoms with Gasteiger partial charge in [0.15, 0.2) is 0 Å². The predicted octanol–water partition coefficient (Wildman–Crippen LogP) is 6.45. The maximum atomic E-state index is 14.2. The molecule has 0 N–H and O–H groups in total. The highest BCUT2D eigenvalue weighted by Crippen LogP contribution is 2.33. The first kappa shape index (κ1) is 20.0. The average Bonchev–Trinajstić information content (AvgIpc) is 2.56. The van der Waals surface area contributed by atoms with Crippen molar-refractivity contribution in [2.24, 2.45) is 0 Å². The van der Waals surface area contributed by atoms with Crippen molar-refractivity contribution in [2.45, 2.75) is 45.1 Å². The van der Waals surface area contributed by atoms with Crippen LogP contribution in [0.2, 0.25) is 0 Å². The molecule has 2 nitrogen and oxygen atoms in total. The largest absolute Gasteiger partial charge is 0.573 e. The SMILES string of the molecule is CCCCCc1ccc(C(F)(F)Oc2ccc(OC(F)(F)F)cc2)cc1. The second kappa shape index (κ2) is 8.38. The lowest BCUT2D eigenvalue weighted by Crippen LogP contribution is -2.22. The van der Waals surface area contributed by atoms with Gasteiger partial charge in [0.1, 0.15) is 11.5 Å². The van der Waals surface area contributed by atoms with Crippen LogP contribution in [0.5, 0.6) is 11.5 Å². The zero-order valence-electron chi connectivity index (χ0n) is 14.2. The smallest absolute Gasteiger partial charge is 0.429 e. The Morgan fingerprint density at radius 1 is 0.731 bits per heavy atom. The number of halogens is 5. The van der Waals surface area contributed by atoms with Gasteiger partial charge in [-0.25, -0.2) is 0 Å². The summed E-state index contributed by atoms with van der Waals surface area (Å²) in [5.41, 5.74) is 0.638. The maximum absolute atomic E-state index is 14.2. The summed E-state index contributed by atoms with van der Waals surface area (Å²) < 4.78 is 73.0. The molecule has 2 aromatic rings. The minimum atomic E-state index is -4.84. The van der Waals surface area contributed by atoms with Crippen LogP contribution in [0.4, 0.5) is 22.0 Å². The number of aryl methyl sites for hydroxylation is 1. The molecule has 0 heterocycles. The molecule has 0 amide bonds. The fourth-order valence-electron chi connectivity index (χ4n) is 2.36. The van der Waals surface area contributed by atoms with Crippen molar-refractivity contribution in [3.8, 4) is 11.5 Å². The number of hydrogen-bond acceptors (Lipinski definition) is 2. The zero-order valence-corrected chi connectivity index (χ0v) is 14.2. The fourth-order valence-corrected chi connectivity index (χ4v) is 2.36. The van der Waals surface area contributed by atoms with Gasteiger partial charge in [0.2, 0.25) is 0 Å². The van der Waals surface area contributed by atoms with Crippen LogP contribution in [0.1, 0.15) is 37.3 Å². The molecule has 2 aromatic carbocycles. The molecule has 0 aliphatic carbocycles. The third kappa shape index (κ3) is 6.20. The van der Waals surface area contributed by atoms with Crippen molar-refractivity contribution in [3.63, 3.8) is 0 Å². The zero-order chi connectivity index (χ0) is 19.2. The summed E-state index contributed by atoms with van der Waals surface area (Å²) in [5.74, 6) is -0.777. The van der Waals surface area contributed by atoms with E-state index in [0.717, 1.165) is 55.5 Å². The lowest BCUT2D eigenvalue weighted by molar-refractivity contribution is -0.274. The quantitative estimate of drug-likeness (QED) is 0.391. The van der Waals surface area contributed by atoms with Gasteiger partial charge in [-0.3, -0.25) is 0 Å². The highest BCUT2D eigenvalue weighted by atomic mass is 19.4. The normalized spacial score (nSPS) is 12.1. The van der Waals surface area contributed by atoms with Gasteiger partial charge in [0.05, 0.1) is 5.56 Å². The van der Waals surface area contributed by atoms with E-state index in [1.807, 2.05) is 0 Å². The van der Waals surface area contributed by atoms with E-state index in [-0.39, 0.29) is 11.3 Å². The summed E-state index contributed by atoms with van der Waals surface area (Å²) in [4.78, 5) is 0. The van der Waals surface area contributed by atoms with E-state index in [1.165, 1.54) is 12.1 Å². The predicted molar refractivity (Wildman–Crippen MR) is 87.3 cm³/mol. The lowest BCUT2D eigenvalue weighted by atomic mass is 10.1. The molecule has 0 aromatic heterocycles. The molecule has 0 aliphatic rings. The van der Waals surface area contributed by atoms with Crippen molar-refractivity contribution < 1.29 is 31.4 Å². The van der Waals surface area contributed by atoms with Crippen LogP contribution in [0.15, 0.2) is 48.5 Å². The second-order valence-electron chi connectivity index (χ2n) is 5.79. The summed E-state index contributed by atoms with van der Waals surface area (Å²) in [6.45, 7) is 2.09. The molecule has 7 heteroatoms. The van der Waals surface area contributed by atoms with Crippen LogP contribution in [-0.2, 0) is 12.5 Å². The van der Waals surface area contributed by atoms with E-state index < -0.39 is 18.2 Å². The van der Waals surface area contributed by atoms with Crippen LogP contribution >= 0.6 is 0 Å². The maximum Gasteiger partial charge on any atom is 0.573 e. The number of ether oxygens (including phenoxy) is 2. The van der Waals surface area contributed by atoms with E-state index in [9.17, 15) is 22.0 Å². The van der Waals surface area contributed by atoms with Crippen LogP contribution < -0.4 is 9.47 Å². The Morgan fingerprint density at radius 2 is 1.27 bits per heavy atom. The first-order valence-electron chi connectivity index (χ1n) is 8.21. The molecule has 2 rings (SSSR count). The first-order valence-corrected chi connectivity index (χ1v) is 8.21. The van der Waals surface area contributed by atoms with Crippen LogP contribution in [-0.4, -0.2) is 6.36 Å². The summed E-state index contributed by atoms with van der Waals surface area (Å²) in [6, 6.07) is 9.66. The molecular weight excluding hydrogens is 355 g/mol. The Hall–Kier alpha value is -2.31. The van der Waals surface area contributed by atoms with Crippen LogP contribution in [0.3, 0.4) is 0 Å². The molecule has 0 bridgehead atoms. The number of benzene rings is 2. The number of unbranched alkanes of at least 4 members (excludes halogenated alkanes) is 2. The van der Waals surface area contributed by atoms with Gasteiger partial charge in [-0.05, 0) is 54.8 Å². The fraction of sp³-hybridized carbons (Fsp3) is 0.368. The van der Waals surface area contributed by atoms with Crippen molar-refractivity contribution in [1.82, 2.24) is 0 Å². The Bertz CT molecular complexity index is 679. The Morgan fingerprint density at radius 3 is 1.77 bits per heavy atom. The molecule has 142 valence electrons. The van der Waals surface area contributed by atoms with E-state index in [0.29, 0.717) is 0 Å². The van der Waals surface area contributed by atoms with Crippen molar-refractivity contribution >= 4 is 0 Å². The number of hydrogen-bond donors (Lipinski definition) is 0. The molecule has 0 radical (unpaired) electrons. The number of rotatable bonds is 8. The Balaban J connectivity index is 2.01. The standard InChI is InChI=1S/C19H19F5O2/c1-2-3-4-5-14-6-8-15(9-7-14)18(20,21)25-16-10-12-17(13-11-16)26-19(22,23)24/h6-13H,2-5H2,1H3. The lowest BCUT2D eigenvalue weighted by Gasteiger charge is -2.19. The summed E-state index contributed by atoms with van der Waals surface area (Å²) in [6.07, 6.45) is -4.47. The van der Waals surface area contributed by atoms with Gasteiger partial charge in [-0.2, -0.15) is 8.78 Å². The molecule has 0 unspecified atom stereocenters. The molecule has 0 spiro atoms. The van der Waals surface area contributed by atoms with Crippen LogP contribution in [0, 0.1) is 0 Å². The Kier molecular flexibility index (Phi) is 6.45. The third-order valence-corrected chi connectivity index (χ3v) is 3.66. The molecule has 0 saturated heterocycles. The third-order valence-electron chi connectivity index (χ3n) is 3.66. The van der Waals surface area contributed by atoms with Crippen LogP contribution in [0.25, 0.3) is 0 Å². The van der Waals surface area contributed by atoms with Gasteiger partial charge in [-0.15, -0.1) is 13.2 Å². The van der Waals surface area contributed by atoms with E-state index in [4.69, 9.17) is 0 Å². The van der Waals surface area contributed by atoms with Crippen molar-refractivity contribution in [3.05, 3.63) is 59.7 Å². The molecular formula is C19H19F5O2. The summed E-state index contributed by atoms with van der Waals surface area (Å²) in [5, 5.41) is 0. The minimum Gasteiger partial charge on any atom is -0.429 e. The highest BCUT2D eigenvalue weighted by molar-refractivity contribution is 5.33. The monoisotopic (exact) mass is 374 g/mol. The molecule has 0 saturated carbocycles. The number of alkyl halides is 5. The molecule has 0 atom stereocenters. The van der Waals surface area contributed by atoms with Crippen molar-refractivity contribution in [2.75, 3.05) is 0 Å². The van der Waals surface area contributed by atoms with Gasteiger partial charge in [-0.1, -0.05) is 31.9 Å². The Labute approximate surface area is 148 Å². The van der Waals surface area contributed by atoms with Gasteiger partial charge < -0.3 is 9.47 Å². The van der Waals surface area contributed by atoms with E-state index >= 15 is 0 Å². The van der Waals surface area contributed by atoms with Crippen molar-refractivity contribution in [1.29, 1.82) is 0 Å². The molecule has 26 heavy (non-hydrogen) atoms. The summed E-state index contributed by atoms with van der Waals surface area (Å²) >= 11 is 0. The van der Waals surface area contributed by atoms with E-state index in [2.05, 4.69) is 16.4 Å². The first-order chi connectivity index (χ1) is 12.2. The van der Waals surface area contributed by atoms with Gasteiger partial charge >= 0.3 is 12.5 Å². The van der Waals surface area contributed by atoms with E-state index in [1.54, 1.807) is 12.1 Å². The molecule has 0 aliphatic heterocycles. The summed E-state index contributed by atoms with van der Waals surface area (Å²) in [7, 11) is 0. The topological polar surface area (TPSA) is 18.5 Å². The average molecular weight is 374 g/mol.